The van der Waals surface area contributed by atoms with Crippen LogP contribution in [0.15, 0.2) is 0 Å². The van der Waals surface area contributed by atoms with E-state index in [4.69, 9.17) is 5.73 Å². The summed E-state index contributed by atoms with van der Waals surface area (Å²) in [7, 11) is 0. The Balaban J connectivity index is 2.72. The van der Waals surface area contributed by atoms with Gasteiger partial charge in [-0.3, -0.25) is 4.79 Å². The van der Waals surface area contributed by atoms with Gasteiger partial charge in [-0.2, -0.15) is 0 Å². The fraction of sp³-hybridized carbons (Fsp3) is 0.900. The highest BCUT2D eigenvalue weighted by Gasteiger charge is 2.45. The second kappa shape index (κ2) is 4.90. The highest BCUT2D eigenvalue weighted by Crippen LogP contribution is 2.47. The van der Waals surface area contributed by atoms with Crippen LogP contribution in [0.25, 0.3) is 0 Å². The van der Waals surface area contributed by atoms with Crippen LogP contribution in [0.4, 0.5) is 0 Å². The van der Waals surface area contributed by atoms with E-state index in [0.717, 1.165) is 17.9 Å². The number of nitrogens with two attached hydrogens (primary N) is 1. The quantitative estimate of drug-likeness (QED) is 0.808. The molecule has 14 heavy (non-hydrogen) atoms. The van der Waals surface area contributed by atoms with E-state index in [1.54, 1.807) is 30.4 Å². The lowest BCUT2D eigenvalue weighted by molar-refractivity contribution is -0.117. The van der Waals surface area contributed by atoms with Crippen LogP contribution in [0.2, 0.25) is 0 Å². The zero-order valence-corrected chi connectivity index (χ0v) is 10.7. The maximum atomic E-state index is 11.7. The summed E-state index contributed by atoms with van der Waals surface area (Å²) in [5.41, 5.74) is 6.15. The molecule has 0 saturated carbocycles. The van der Waals surface area contributed by atoms with E-state index in [1.807, 2.05) is 0 Å². The smallest absolute Gasteiger partial charge is 0.157 e. The molecular weight excluding hydrogens is 214 g/mol. The summed E-state index contributed by atoms with van der Waals surface area (Å²) in [4.78, 5) is 11.7. The van der Waals surface area contributed by atoms with E-state index in [2.05, 4.69) is 13.8 Å². The average Bonchev–Trinajstić information content (AvgIpc) is 2.51. The lowest BCUT2D eigenvalue weighted by Gasteiger charge is -2.31. The van der Waals surface area contributed by atoms with Crippen LogP contribution in [0.1, 0.15) is 27.2 Å². The first-order valence-electron chi connectivity index (χ1n) is 5.03. The van der Waals surface area contributed by atoms with E-state index in [9.17, 15) is 4.79 Å². The van der Waals surface area contributed by atoms with Crippen molar-refractivity contribution >= 4 is 29.3 Å². The van der Waals surface area contributed by atoms with Gasteiger partial charge in [0.1, 0.15) is 4.08 Å². The predicted octanol–water partition coefficient (Wildman–Crippen LogP) is 2.13. The van der Waals surface area contributed by atoms with Gasteiger partial charge in [0.25, 0.3) is 0 Å². The summed E-state index contributed by atoms with van der Waals surface area (Å²) >= 11 is 3.47. The molecule has 0 spiro atoms. The Hall–Kier alpha value is 0.330. The molecule has 1 saturated heterocycles. The fourth-order valence-corrected chi connectivity index (χ4v) is 4.90. The van der Waals surface area contributed by atoms with Crippen molar-refractivity contribution in [2.75, 3.05) is 11.5 Å². The van der Waals surface area contributed by atoms with Gasteiger partial charge in [0.15, 0.2) is 5.78 Å². The topological polar surface area (TPSA) is 43.1 Å². The molecule has 1 atom stereocenters. The average molecular weight is 233 g/mol. The van der Waals surface area contributed by atoms with Crippen molar-refractivity contribution in [3.05, 3.63) is 0 Å². The third-order valence-corrected chi connectivity index (χ3v) is 6.24. The highest BCUT2D eigenvalue weighted by molar-refractivity contribution is 8.22. The second-order valence-electron chi connectivity index (χ2n) is 4.16. The van der Waals surface area contributed by atoms with Gasteiger partial charge in [-0.05, 0) is 19.3 Å². The number of rotatable bonds is 4. The number of hydrogen-bond donors (Lipinski definition) is 1. The predicted molar refractivity (Wildman–Crippen MR) is 65.8 cm³/mol. The maximum Gasteiger partial charge on any atom is 0.157 e. The van der Waals surface area contributed by atoms with Crippen LogP contribution >= 0.6 is 23.5 Å². The Kier molecular flexibility index (Phi) is 4.34. The molecule has 1 aliphatic rings. The standard InChI is InChI=1S/C10H19NOS2/c1-7(2)6-9(11)10(8(3)12)13-4-5-14-10/h7,9H,4-6,11H2,1-3H3. The van der Waals surface area contributed by atoms with E-state index in [-0.39, 0.29) is 15.9 Å². The highest BCUT2D eigenvalue weighted by atomic mass is 32.2. The Morgan fingerprint density at radius 2 is 1.93 bits per heavy atom. The van der Waals surface area contributed by atoms with Crippen molar-refractivity contribution in [3.63, 3.8) is 0 Å². The van der Waals surface area contributed by atoms with Crippen LogP contribution < -0.4 is 5.73 Å². The molecule has 0 aromatic carbocycles. The first-order chi connectivity index (χ1) is 6.49. The van der Waals surface area contributed by atoms with Crippen LogP contribution in [0.5, 0.6) is 0 Å². The molecule has 0 aromatic heterocycles. The number of ketones is 1. The van der Waals surface area contributed by atoms with Crippen LogP contribution in [-0.2, 0) is 4.79 Å². The fourth-order valence-electron chi connectivity index (χ4n) is 1.77. The van der Waals surface area contributed by atoms with Crippen LogP contribution in [-0.4, -0.2) is 27.4 Å². The van der Waals surface area contributed by atoms with Crippen molar-refractivity contribution in [2.45, 2.75) is 37.3 Å². The van der Waals surface area contributed by atoms with Crippen LogP contribution in [0.3, 0.4) is 0 Å². The lowest BCUT2D eigenvalue weighted by Crippen LogP contribution is -2.47. The third-order valence-electron chi connectivity index (χ3n) is 2.42. The van der Waals surface area contributed by atoms with Crippen molar-refractivity contribution in [2.24, 2.45) is 11.7 Å². The minimum Gasteiger partial charge on any atom is -0.325 e. The van der Waals surface area contributed by atoms with Crippen molar-refractivity contribution in [1.82, 2.24) is 0 Å². The molecule has 0 aliphatic carbocycles. The van der Waals surface area contributed by atoms with Gasteiger partial charge < -0.3 is 5.73 Å². The maximum absolute atomic E-state index is 11.7. The summed E-state index contributed by atoms with van der Waals surface area (Å²) in [6, 6.07) is -0.00231. The molecule has 1 fully saturated rings. The summed E-state index contributed by atoms with van der Waals surface area (Å²) in [6.45, 7) is 5.97. The van der Waals surface area contributed by atoms with Gasteiger partial charge in [-0.15, -0.1) is 23.5 Å². The van der Waals surface area contributed by atoms with E-state index in [1.165, 1.54) is 0 Å². The molecule has 82 valence electrons. The zero-order chi connectivity index (χ0) is 10.8. The molecule has 2 nitrogen and oxygen atoms in total. The molecule has 1 rings (SSSR count). The van der Waals surface area contributed by atoms with Gasteiger partial charge in [0.2, 0.25) is 0 Å². The molecule has 0 amide bonds. The van der Waals surface area contributed by atoms with Crippen molar-refractivity contribution in [3.8, 4) is 0 Å². The summed E-state index contributed by atoms with van der Waals surface area (Å²) < 4.78 is -0.343. The first kappa shape index (κ1) is 12.4. The molecule has 2 N–H and O–H groups in total. The minimum absolute atomic E-state index is 0.00231. The minimum atomic E-state index is -0.343. The summed E-state index contributed by atoms with van der Waals surface area (Å²) in [5, 5.41) is 0. The largest absolute Gasteiger partial charge is 0.325 e. The molecule has 0 aromatic rings. The Bertz CT molecular complexity index is 212. The van der Waals surface area contributed by atoms with Crippen molar-refractivity contribution < 1.29 is 4.79 Å². The monoisotopic (exact) mass is 233 g/mol. The molecule has 4 heteroatoms. The Morgan fingerprint density at radius 3 is 2.29 bits per heavy atom. The number of Topliss-reactive ketones (excluding diaryl/α,β-unsaturated/α-hetero) is 1. The zero-order valence-electron chi connectivity index (χ0n) is 9.08. The van der Waals surface area contributed by atoms with Crippen LogP contribution in [0, 0.1) is 5.92 Å². The number of carbonyl (C=O) groups excluding carboxylic acids is 1. The molecular formula is C10H19NOS2. The molecule has 1 aliphatic heterocycles. The first-order valence-corrected chi connectivity index (χ1v) is 7.00. The van der Waals surface area contributed by atoms with Gasteiger partial charge in [-0.25, -0.2) is 0 Å². The molecule has 0 bridgehead atoms. The van der Waals surface area contributed by atoms with E-state index in [0.29, 0.717) is 5.92 Å². The van der Waals surface area contributed by atoms with E-state index >= 15 is 0 Å². The summed E-state index contributed by atoms with van der Waals surface area (Å²) in [5.74, 6) is 2.90. The normalized spacial score (nSPS) is 22.6. The van der Waals surface area contributed by atoms with Gasteiger partial charge in [0, 0.05) is 17.5 Å². The van der Waals surface area contributed by atoms with E-state index < -0.39 is 0 Å². The number of hydrogen-bond acceptors (Lipinski definition) is 4. The molecule has 1 unspecified atom stereocenters. The Labute approximate surface area is 94.8 Å². The lowest BCUT2D eigenvalue weighted by atomic mass is 9.99. The number of thioether (sulfide) groups is 2. The Morgan fingerprint density at radius 1 is 1.43 bits per heavy atom. The van der Waals surface area contributed by atoms with Gasteiger partial charge in [-0.1, -0.05) is 13.8 Å². The second-order valence-corrected chi connectivity index (χ2v) is 7.10. The molecule has 1 heterocycles. The van der Waals surface area contributed by atoms with Gasteiger partial charge in [0.05, 0.1) is 0 Å². The molecule has 0 radical (unpaired) electrons. The SMILES string of the molecule is CC(=O)C1(C(N)CC(C)C)SCCS1. The van der Waals surface area contributed by atoms with Gasteiger partial charge >= 0.3 is 0 Å². The summed E-state index contributed by atoms with van der Waals surface area (Å²) in [6.07, 6.45) is 0.930. The van der Waals surface area contributed by atoms with Crippen molar-refractivity contribution in [1.29, 1.82) is 0 Å². The third kappa shape index (κ3) is 2.47. The number of carbonyl (C=O) groups is 1.